The van der Waals surface area contributed by atoms with Crippen LogP contribution in [0.15, 0.2) is 36.7 Å². The number of halogens is 2. The molecule has 2 aromatic heterocycles. The number of pyridine rings is 1. The Morgan fingerprint density at radius 3 is 2.60 bits per heavy atom. The molecule has 3 aromatic rings. The number of anilines is 1. The van der Waals surface area contributed by atoms with Gasteiger partial charge >= 0.3 is 0 Å². The van der Waals surface area contributed by atoms with E-state index in [1.165, 1.54) is 10.4 Å². The monoisotopic (exact) mass is 571 g/mol. The fraction of sp³-hybridized carbons (Fsp3) is 0.483. The quantitative estimate of drug-likeness (QED) is 0.390. The van der Waals surface area contributed by atoms with E-state index in [1.807, 2.05) is 19.9 Å². The Morgan fingerprint density at radius 1 is 1.10 bits per heavy atom. The van der Waals surface area contributed by atoms with Crippen molar-refractivity contribution in [3.05, 3.63) is 65.4 Å². The zero-order chi connectivity index (χ0) is 28.7. The molecule has 214 valence electrons. The Kier molecular flexibility index (Phi) is 7.80. The van der Waals surface area contributed by atoms with Crippen molar-refractivity contribution < 1.29 is 21.9 Å². The molecule has 5 rings (SSSR count). The first-order valence-electron chi connectivity index (χ1n) is 13.7. The number of hydrogen-bond donors (Lipinski definition) is 0. The van der Waals surface area contributed by atoms with Gasteiger partial charge in [0.05, 0.1) is 30.6 Å². The second-order valence-electron chi connectivity index (χ2n) is 11.2. The van der Waals surface area contributed by atoms with Crippen LogP contribution in [0.3, 0.4) is 0 Å². The van der Waals surface area contributed by atoms with Gasteiger partial charge in [-0.15, -0.1) is 0 Å². The Bertz CT molecular complexity index is 1500. The third-order valence-electron chi connectivity index (χ3n) is 7.49. The van der Waals surface area contributed by atoms with Crippen molar-refractivity contribution in [1.29, 1.82) is 0 Å². The van der Waals surface area contributed by atoms with E-state index in [2.05, 4.69) is 33.7 Å². The van der Waals surface area contributed by atoms with Crippen molar-refractivity contribution >= 4 is 15.7 Å². The lowest BCUT2D eigenvalue weighted by molar-refractivity contribution is 0.0960. The minimum Gasteiger partial charge on any atom is -0.481 e. The maximum absolute atomic E-state index is 15.4. The topological polar surface area (TPSA) is 88.5 Å². The molecule has 40 heavy (non-hydrogen) atoms. The molecule has 2 aliphatic rings. The van der Waals surface area contributed by atoms with E-state index >= 15 is 4.39 Å². The zero-order valence-corrected chi connectivity index (χ0v) is 24.1. The highest BCUT2D eigenvalue weighted by Crippen LogP contribution is 2.43. The van der Waals surface area contributed by atoms with Gasteiger partial charge in [-0.3, -0.25) is 4.98 Å². The second-order valence-corrected chi connectivity index (χ2v) is 13.3. The molecule has 0 radical (unpaired) electrons. The fourth-order valence-electron chi connectivity index (χ4n) is 5.18. The summed E-state index contributed by atoms with van der Waals surface area (Å²) >= 11 is 0. The summed E-state index contributed by atoms with van der Waals surface area (Å²) in [6.45, 7) is 9.35. The zero-order valence-electron chi connectivity index (χ0n) is 23.3. The van der Waals surface area contributed by atoms with Gasteiger partial charge in [0.25, 0.3) is 0 Å². The molecule has 0 spiro atoms. The van der Waals surface area contributed by atoms with Crippen molar-refractivity contribution in [1.82, 2.24) is 19.3 Å². The molecule has 8 nitrogen and oxygen atoms in total. The lowest BCUT2D eigenvalue weighted by atomic mass is 10.00. The summed E-state index contributed by atoms with van der Waals surface area (Å²) < 4.78 is 62.4. The van der Waals surface area contributed by atoms with Gasteiger partial charge < -0.3 is 9.64 Å². The molecule has 1 saturated heterocycles. The van der Waals surface area contributed by atoms with Crippen LogP contribution in [-0.4, -0.2) is 58.2 Å². The van der Waals surface area contributed by atoms with Crippen molar-refractivity contribution in [2.24, 2.45) is 0 Å². The van der Waals surface area contributed by atoms with Gasteiger partial charge in [0.1, 0.15) is 17.1 Å². The highest BCUT2D eigenvalue weighted by Gasteiger charge is 2.36. The standard InChI is InChI=1S/C29H35F2N5O3S/c1-5-19(2)36-18-29(3,4)39-28-23(30)12-21(13-25(28)36)27-24(31)16-33-26(34-27)14-22-9-8-20(15-32-22)17-35-10-6-7-11-40(35,37)38/h8-9,12-13,15-16,19H,5-7,10-11,14,17-18H2,1-4H3. The summed E-state index contributed by atoms with van der Waals surface area (Å²) in [4.78, 5) is 15.1. The Morgan fingerprint density at radius 2 is 1.90 bits per heavy atom. The van der Waals surface area contributed by atoms with Crippen LogP contribution in [0.25, 0.3) is 11.3 Å². The molecule has 1 unspecified atom stereocenters. The molecular weight excluding hydrogens is 536 g/mol. The van der Waals surface area contributed by atoms with Crippen molar-refractivity contribution in [2.45, 2.75) is 71.6 Å². The molecule has 0 amide bonds. The van der Waals surface area contributed by atoms with Gasteiger partial charge in [-0.2, -0.15) is 4.31 Å². The van der Waals surface area contributed by atoms with Crippen molar-refractivity contribution in [2.75, 3.05) is 23.7 Å². The van der Waals surface area contributed by atoms with E-state index in [-0.39, 0.29) is 36.2 Å². The minimum absolute atomic E-state index is 0.00700. The lowest BCUT2D eigenvalue weighted by Gasteiger charge is -2.44. The highest BCUT2D eigenvalue weighted by molar-refractivity contribution is 7.89. The van der Waals surface area contributed by atoms with Crippen LogP contribution in [0.5, 0.6) is 5.75 Å². The number of fused-ring (bicyclic) bond motifs is 1. The number of hydrogen-bond acceptors (Lipinski definition) is 7. The summed E-state index contributed by atoms with van der Waals surface area (Å²) in [7, 11) is -3.23. The molecule has 0 N–H and O–H groups in total. The number of nitrogens with zero attached hydrogens (tertiary/aromatic N) is 5. The maximum atomic E-state index is 15.4. The van der Waals surface area contributed by atoms with Crippen LogP contribution >= 0.6 is 0 Å². The molecule has 0 saturated carbocycles. The van der Waals surface area contributed by atoms with Gasteiger partial charge in [0, 0.05) is 36.6 Å². The largest absolute Gasteiger partial charge is 0.481 e. The summed E-state index contributed by atoms with van der Waals surface area (Å²) in [5.41, 5.74) is 1.76. The SMILES string of the molecule is CCC(C)N1CC(C)(C)Oc2c(F)cc(-c3nc(Cc4ccc(CN5CCCCS5(=O)=O)cn4)ncc3F)cc21. The molecule has 0 bridgehead atoms. The summed E-state index contributed by atoms with van der Waals surface area (Å²) in [5, 5.41) is 0. The summed E-state index contributed by atoms with van der Waals surface area (Å²) in [6, 6.07) is 6.75. The normalized spacial score (nSPS) is 19.1. The first-order valence-corrected chi connectivity index (χ1v) is 15.3. The average molecular weight is 572 g/mol. The lowest BCUT2D eigenvalue weighted by Crippen LogP contribution is -2.50. The third-order valence-corrected chi connectivity index (χ3v) is 9.39. The van der Waals surface area contributed by atoms with Gasteiger partial charge in [0.15, 0.2) is 17.4 Å². The Balaban J connectivity index is 1.39. The van der Waals surface area contributed by atoms with Gasteiger partial charge in [0.2, 0.25) is 10.0 Å². The maximum Gasteiger partial charge on any atom is 0.214 e. The fourth-order valence-corrected chi connectivity index (χ4v) is 6.76. The first kappa shape index (κ1) is 28.4. The van der Waals surface area contributed by atoms with Crippen LogP contribution in [0.2, 0.25) is 0 Å². The summed E-state index contributed by atoms with van der Waals surface area (Å²) in [6.07, 6.45) is 5.37. The molecule has 0 aliphatic carbocycles. The number of ether oxygens (including phenoxy) is 1. The number of sulfonamides is 1. The minimum atomic E-state index is -3.23. The van der Waals surface area contributed by atoms with Crippen molar-refractivity contribution in [3.63, 3.8) is 0 Å². The molecule has 1 atom stereocenters. The number of aromatic nitrogens is 3. The molecule has 1 aromatic carbocycles. The average Bonchev–Trinajstić information content (AvgIpc) is 2.91. The third kappa shape index (κ3) is 5.95. The van der Waals surface area contributed by atoms with E-state index < -0.39 is 27.3 Å². The van der Waals surface area contributed by atoms with E-state index in [4.69, 9.17) is 4.74 Å². The van der Waals surface area contributed by atoms with Gasteiger partial charge in [-0.05, 0) is 63.8 Å². The first-order chi connectivity index (χ1) is 19.0. The Labute approximate surface area is 234 Å². The van der Waals surface area contributed by atoms with Crippen LogP contribution in [0, 0.1) is 11.6 Å². The van der Waals surface area contributed by atoms with E-state index in [0.717, 1.165) is 24.6 Å². The number of benzene rings is 1. The molecular formula is C29H35F2N5O3S. The van der Waals surface area contributed by atoms with Crippen LogP contribution in [0.4, 0.5) is 14.5 Å². The van der Waals surface area contributed by atoms with Crippen LogP contribution in [0.1, 0.15) is 64.0 Å². The molecule has 1 fully saturated rings. The Hall–Kier alpha value is -3.18. The van der Waals surface area contributed by atoms with E-state index in [1.54, 1.807) is 18.3 Å². The molecule has 2 aliphatic heterocycles. The predicted molar refractivity (Wildman–Crippen MR) is 150 cm³/mol. The van der Waals surface area contributed by atoms with Gasteiger partial charge in [-0.1, -0.05) is 13.0 Å². The van der Waals surface area contributed by atoms with Gasteiger partial charge in [-0.25, -0.2) is 27.2 Å². The second kappa shape index (κ2) is 11.0. The van der Waals surface area contributed by atoms with E-state index in [9.17, 15) is 12.8 Å². The van der Waals surface area contributed by atoms with Crippen LogP contribution < -0.4 is 9.64 Å². The molecule has 11 heteroatoms. The van der Waals surface area contributed by atoms with E-state index in [0.29, 0.717) is 42.3 Å². The van der Waals surface area contributed by atoms with Crippen LogP contribution in [-0.2, 0) is 23.0 Å². The van der Waals surface area contributed by atoms with Crippen molar-refractivity contribution in [3.8, 4) is 17.0 Å². The summed E-state index contributed by atoms with van der Waals surface area (Å²) in [5.74, 6) is -0.541. The smallest absolute Gasteiger partial charge is 0.214 e. The highest BCUT2D eigenvalue weighted by atomic mass is 32.2. The predicted octanol–water partition coefficient (Wildman–Crippen LogP) is 5.11. The number of rotatable bonds is 7. The molecule has 4 heterocycles.